The molecule has 2 N–H and O–H groups in total. The van der Waals surface area contributed by atoms with E-state index in [4.69, 9.17) is 16.9 Å². The van der Waals surface area contributed by atoms with Gasteiger partial charge in [-0.25, -0.2) is 4.79 Å². The van der Waals surface area contributed by atoms with Crippen LogP contribution >= 0.6 is 0 Å². The van der Waals surface area contributed by atoms with Gasteiger partial charge in [-0.2, -0.15) is 0 Å². The number of allylic oxidation sites excluding steroid dienone is 2. The highest BCUT2D eigenvalue weighted by atomic mass is 16.6. The normalized spacial score (nSPS) is 12.9. The number of hydrogen-bond donors (Lipinski definition) is 1. The lowest BCUT2D eigenvalue weighted by Crippen LogP contribution is -2.30. The molecule has 0 amide bonds. The van der Waals surface area contributed by atoms with Gasteiger partial charge in [0.15, 0.2) is 5.60 Å². The molecule has 0 spiro atoms. The fraction of sp³-hybridized carbons (Fsp3) is 0.353. The van der Waals surface area contributed by atoms with Gasteiger partial charge in [-0.1, -0.05) is 29.7 Å². The van der Waals surface area contributed by atoms with Crippen molar-refractivity contribution in [1.82, 2.24) is 0 Å². The molecule has 0 heterocycles. The molecule has 0 aliphatic carbocycles. The van der Waals surface area contributed by atoms with Crippen LogP contribution in [0.5, 0.6) is 0 Å². The Bertz CT molecular complexity index is 550. The van der Waals surface area contributed by atoms with Crippen molar-refractivity contribution in [3.8, 4) is 12.3 Å². The van der Waals surface area contributed by atoms with Gasteiger partial charge in [0, 0.05) is 12.1 Å². The number of esters is 1. The molecule has 106 valence electrons. The number of benzene rings is 1. The molecule has 0 aliphatic rings. The third-order valence-electron chi connectivity index (χ3n) is 2.98. The first-order chi connectivity index (χ1) is 9.38. The van der Waals surface area contributed by atoms with E-state index < -0.39 is 11.6 Å². The van der Waals surface area contributed by atoms with E-state index in [2.05, 4.69) is 12.0 Å². The van der Waals surface area contributed by atoms with Crippen molar-refractivity contribution < 1.29 is 9.53 Å². The summed E-state index contributed by atoms with van der Waals surface area (Å²) in [5, 5.41) is 0. The lowest BCUT2D eigenvalue weighted by molar-refractivity contribution is 0.0121. The van der Waals surface area contributed by atoms with Crippen LogP contribution in [-0.4, -0.2) is 11.6 Å². The van der Waals surface area contributed by atoms with Gasteiger partial charge >= 0.3 is 5.97 Å². The molecule has 0 aromatic heterocycles. The molecule has 0 aliphatic heterocycles. The first kappa shape index (κ1) is 15.8. The Kier molecular flexibility index (Phi) is 5.40. The van der Waals surface area contributed by atoms with Crippen LogP contribution in [0.1, 0.15) is 44.0 Å². The SMILES string of the molecule is C#CC(C)(CCC=C(C)C)OC(=O)c1ccccc1N. The highest BCUT2D eigenvalue weighted by molar-refractivity contribution is 5.95. The van der Waals surface area contributed by atoms with E-state index in [-0.39, 0.29) is 0 Å². The first-order valence-corrected chi connectivity index (χ1v) is 6.57. The average Bonchev–Trinajstić information content (AvgIpc) is 2.38. The van der Waals surface area contributed by atoms with Gasteiger partial charge in [0.1, 0.15) is 0 Å². The predicted molar refractivity (Wildman–Crippen MR) is 82.2 cm³/mol. The number of nitrogens with two attached hydrogens (primary N) is 1. The number of anilines is 1. The van der Waals surface area contributed by atoms with Crippen molar-refractivity contribution in [3.63, 3.8) is 0 Å². The molecular weight excluding hydrogens is 250 g/mol. The molecule has 1 aromatic carbocycles. The lowest BCUT2D eigenvalue weighted by Gasteiger charge is -2.24. The van der Waals surface area contributed by atoms with Gasteiger partial charge in [0.2, 0.25) is 0 Å². The number of carbonyl (C=O) groups excluding carboxylic acids is 1. The first-order valence-electron chi connectivity index (χ1n) is 6.57. The van der Waals surface area contributed by atoms with Crippen LogP contribution in [0.15, 0.2) is 35.9 Å². The monoisotopic (exact) mass is 271 g/mol. The summed E-state index contributed by atoms with van der Waals surface area (Å²) in [4.78, 5) is 12.1. The summed E-state index contributed by atoms with van der Waals surface area (Å²) in [5.74, 6) is 2.07. The number of rotatable bonds is 5. The molecule has 0 fully saturated rings. The Hall–Kier alpha value is -2.21. The molecule has 0 bridgehead atoms. The standard InChI is InChI=1S/C17H21NO2/c1-5-17(4,12-8-9-13(2)3)20-16(19)14-10-6-7-11-15(14)18/h1,6-7,9-11H,8,12,18H2,2-4H3. The third kappa shape index (κ3) is 4.47. The number of terminal acetylenes is 1. The molecular formula is C17H21NO2. The average molecular weight is 271 g/mol. The van der Waals surface area contributed by atoms with E-state index in [0.29, 0.717) is 17.7 Å². The number of hydrogen-bond acceptors (Lipinski definition) is 3. The summed E-state index contributed by atoms with van der Waals surface area (Å²) >= 11 is 0. The Morgan fingerprint density at radius 1 is 1.45 bits per heavy atom. The summed E-state index contributed by atoms with van der Waals surface area (Å²) in [6.07, 6.45) is 8.92. The lowest BCUT2D eigenvalue weighted by atomic mass is 10.00. The van der Waals surface area contributed by atoms with Gasteiger partial charge < -0.3 is 10.5 Å². The van der Waals surface area contributed by atoms with Crippen LogP contribution in [-0.2, 0) is 4.74 Å². The van der Waals surface area contributed by atoms with E-state index in [1.807, 2.05) is 13.8 Å². The summed E-state index contributed by atoms with van der Waals surface area (Å²) < 4.78 is 5.45. The fourth-order valence-electron chi connectivity index (χ4n) is 1.73. The smallest absolute Gasteiger partial charge is 0.341 e. The Morgan fingerprint density at radius 2 is 2.10 bits per heavy atom. The molecule has 0 radical (unpaired) electrons. The van der Waals surface area contributed by atoms with Gasteiger partial charge in [0.05, 0.1) is 5.56 Å². The highest BCUT2D eigenvalue weighted by Gasteiger charge is 2.26. The Balaban J connectivity index is 2.78. The maximum atomic E-state index is 12.1. The van der Waals surface area contributed by atoms with Crippen LogP contribution < -0.4 is 5.73 Å². The van der Waals surface area contributed by atoms with Gasteiger partial charge in [0.25, 0.3) is 0 Å². The van der Waals surface area contributed by atoms with E-state index >= 15 is 0 Å². The molecule has 1 unspecified atom stereocenters. The molecule has 1 rings (SSSR count). The summed E-state index contributed by atoms with van der Waals surface area (Å²) in [5.41, 5.74) is 6.78. The number of para-hydroxylation sites is 1. The second kappa shape index (κ2) is 6.81. The molecule has 20 heavy (non-hydrogen) atoms. The zero-order valence-electron chi connectivity index (χ0n) is 12.3. The van der Waals surface area contributed by atoms with Crippen molar-refractivity contribution in [2.75, 3.05) is 5.73 Å². The second-order valence-electron chi connectivity index (χ2n) is 5.17. The minimum absolute atomic E-state index is 0.344. The van der Waals surface area contributed by atoms with Crippen LogP contribution in [0.3, 0.4) is 0 Å². The molecule has 0 saturated carbocycles. The quantitative estimate of drug-likeness (QED) is 0.385. The molecule has 1 aromatic rings. The summed E-state index contributed by atoms with van der Waals surface area (Å²) in [6, 6.07) is 6.79. The predicted octanol–water partition coefficient (Wildman–Crippen LogP) is 3.56. The van der Waals surface area contributed by atoms with E-state index in [9.17, 15) is 4.79 Å². The Labute approximate surface area is 120 Å². The molecule has 3 heteroatoms. The number of ether oxygens (including phenoxy) is 1. The molecule has 0 saturated heterocycles. The van der Waals surface area contributed by atoms with Gasteiger partial charge in [-0.05, 0) is 39.3 Å². The van der Waals surface area contributed by atoms with Crippen molar-refractivity contribution >= 4 is 11.7 Å². The van der Waals surface area contributed by atoms with Crippen molar-refractivity contribution in [2.45, 2.75) is 39.2 Å². The van der Waals surface area contributed by atoms with E-state index in [1.54, 1.807) is 31.2 Å². The topological polar surface area (TPSA) is 52.3 Å². The van der Waals surface area contributed by atoms with Crippen LogP contribution in [0.4, 0.5) is 5.69 Å². The second-order valence-corrected chi connectivity index (χ2v) is 5.17. The van der Waals surface area contributed by atoms with E-state index in [0.717, 1.165) is 6.42 Å². The largest absolute Gasteiger partial charge is 0.442 e. The zero-order chi connectivity index (χ0) is 15.2. The van der Waals surface area contributed by atoms with Crippen molar-refractivity contribution in [3.05, 3.63) is 41.5 Å². The molecule has 1 atom stereocenters. The van der Waals surface area contributed by atoms with Gasteiger partial charge in [-0.3, -0.25) is 0 Å². The summed E-state index contributed by atoms with van der Waals surface area (Å²) in [7, 11) is 0. The third-order valence-corrected chi connectivity index (χ3v) is 2.98. The maximum absolute atomic E-state index is 12.1. The van der Waals surface area contributed by atoms with Crippen molar-refractivity contribution in [1.29, 1.82) is 0 Å². The fourth-order valence-corrected chi connectivity index (χ4v) is 1.73. The van der Waals surface area contributed by atoms with Crippen LogP contribution in [0, 0.1) is 12.3 Å². The molecule has 3 nitrogen and oxygen atoms in total. The zero-order valence-corrected chi connectivity index (χ0v) is 12.3. The highest BCUT2D eigenvalue weighted by Crippen LogP contribution is 2.21. The minimum atomic E-state index is -0.925. The van der Waals surface area contributed by atoms with Crippen LogP contribution in [0.25, 0.3) is 0 Å². The van der Waals surface area contributed by atoms with E-state index in [1.165, 1.54) is 5.57 Å². The van der Waals surface area contributed by atoms with Crippen molar-refractivity contribution in [2.24, 2.45) is 0 Å². The maximum Gasteiger partial charge on any atom is 0.341 e. The van der Waals surface area contributed by atoms with Gasteiger partial charge in [-0.15, -0.1) is 6.42 Å². The summed E-state index contributed by atoms with van der Waals surface area (Å²) in [6.45, 7) is 5.77. The minimum Gasteiger partial charge on any atom is -0.442 e. The number of carbonyl (C=O) groups is 1. The Morgan fingerprint density at radius 3 is 2.65 bits per heavy atom. The number of nitrogen functional groups attached to an aromatic ring is 1. The van der Waals surface area contributed by atoms with Crippen LogP contribution in [0.2, 0.25) is 0 Å².